The molecule has 140 heavy (non-hydrogen) atoms. The molecule has 1 N–H and O–H groups in total. The summed E-state index contributed by atoms with van der Waals surface area (Å²) in [5.74, 6) is -1.04. The van der Waals surface area contributed by atoms with Gasteiger partial charge in [0.05, 0.1) is 19.3 Å². The van der Waals surface area contributed by atoms with E-state index in [1.807, 2.05) is 115 Å². The Morgan fingerprint density at radius 3 is 0.729 bits per heavy atom. The number of aliphatic carboxylic acids is 1. The monoisotopic (exact) mass is 2740 g/mol. The van der Waals surface area contributed by atoms with E-state index in [-0.39, 0.29) is 73.6 Å². The summed E-state index contributed by atoms with van der Waals surface area (Å²) in [5.41, 5.74) is 14.1. The Balaban J connectivity index is 0.000000571. The van der Waals surface area contributed by atoms with Gasteiger partial charge < -0.3 is 9.84 Å². The number of carboxylic acid groups (broad SMARTS) is 1. The molecule has 10 aromatic rings. The van der Waals surface area contributed by atoms with Crippen molar-refractivity contribution in [3.8, 4) is 55.6 Å². The van der Waals surface area contributed by atoms with Crippen LogP contribution in [0.3, 0.4) is 0 Å². The Labute approximate surface area is 929 Å². The quantitative estimate of drug-likeness (QED) is 0.00946. The zero-order chi connectivity index (χ0) is 103. The summed E-state index contributed by atoms with van der Waals surface area (Å²) >= 11 is 4.31. The minimum absolute atomic E-state index is 0. The van der Waals surface area contributed by atoms with Crippen LogP contribution in [-0.4, -0.2) is 133 Å². The molecule has 11 rings (SSSR count). The third-order valence-corrected chi connectivity index (χ3v) is 30.6. The van der Waals surface area contributed by atoms with Crippen molar-refractivity contribution < 1.29 is 57.8 Å². The number of Topliss-reactive ketones (excluding diaryl/α,β-unsaturated/α-hetero) is 7. The van der Waals surface area contributed by atoms with E-state index in [1.54, 1.807) is 12.1 Å². The number of ether oxygens (including phenoxy) is 1. The molecule has 754 valence electrons. The molecule has 0 aromatic heterocycles. The van der Waals surface area contributed by atoms with Gasteiger partial charge in [0.1, 0.15) is 11.6 Å². The maximum Gasteiger partial charge on any atom is 0.643 e. The number of hydrogen-bond acceptors (Lipinski definition) is 11. The fourth-order valence-corrected chi connectivity index (χ4v) is 18.7. The van der Waals surface area contributed by atoms with Crippen LogP contribution >= 0.6 is 121 Å². The van der Waals surface area contributed by atoms with Crippen molar-refractivity contribution >= 4 is 252 Å². The van der Waals surface area contributed by atoms with Gasteiger partial charge in [-0.15, -0.1) is 0 Å². The Kier molecular flexibility index (Phi) is 74.4. The molecule has 2 radical (unpaired) electrons. The molecule has 0 aliphatic carbocycles. The first-order chi connectivity index (χ1) is 66.4. The molecule has 23 heteroatoms. The van der Waals surface area contributed by atoms with Crippen LogP contribution in [0, 0.1) is 14.3 Å². The van der Waals surface area contributed by atoms with Gasteiger partial charge in [0.25, 0.3) is 0 Å². The number of ketones is 7. The van der Waals surface area contributed by atoms with Gasteiger partial charge in [0, 0.05) is 82.3 Å². The number of carboxylic acids is 1. The average molecular weight is 2740 g/mol. The third kappa shape index (κ3) is 63.7. The second-order valence-corrected chi connectivity index (χ2v) is 79.5. The second-order valence-electron chi connectivity index (χ2n) is 36.4. The van der Waals surface area contributed by atoms with Crippen molar-refractivity contribution in [3.05, 3.63) is 285 Å². The number of unbranched alkanes of at least 4 members (excludes halogenated alkanes) is 18. The van der Waals surface area contributed by atoms with Gasteiger partial charge in [0.15, 0.2) is 17.3 Å². The van der Waals surface area contributed by atoms with Crippen LogP contribution in [0.1, 0.15) is 288 Å². The summed E-state index contributed by atoms with van der Waals surface area (Å²) in [5, 5.41) is 8.57. The van der Waals surface area contributed by atoms with Gasteiger partial charge in [-0.05, 0) is 203 Å². The van der Waals surface area contributed by atoms with Crippen LogP contribution in [0.25, 0.3) is 55.6 Å². The van der Waals surface area contributed by atoms with Crippen LogP contribution in [0.2, 0.25) is 44.5 Å². The average Bonchev–Trinajstić information content (AvgIpc) is 0.848. The van der Waals surface area contributed by atoms with E-state index in [0.29, 0.717) is 80.0 Å². The Morgan fingerprint density at radius 1 is 0.314 bits per heavy atom. The van der Waals surface area contributed by atoms with E-state index >= 15 is 0 Å². The molecule has 10 aromatic carbocycles. The molecule has 0 amide bonds. The molecule has 12 nitrogen and oxygen atoms in total. The van der Waals surface area contributed by atoms with Gasteiger partial charge in [-0.25, -0.2) is 30.1 Å². The maximum atomic E-state index is 12.5. The first-order valence-electron chi connectivity index (χ1n) is 49.1. The molecular weight excluding hydrogens is 2590 g/mol. The molecule has 0 bridgehead atoms. The predicted molar refractivity (Wildman–Crippen MR) is 635 cm³/mol. The number of cyclic esters (lactones) is 2. The zero-order valence-electron chi connectivity index (χ0n) is 83.9. The molecule has 0 atom stereocenters. The van der Waals surface area contributed by atoms with Crippen LogP contribution in [-0.2, 0) is 33.5 Å². The summed E-state index contributed by atoms with van der Waals surface area (Å²) in [7, 11) is 14.8. The summed E-state index contributed by atoms with van der Waals surface area (Å²) in [6, 6.07) is 83.2. The van der Waals surface area contributed by atoms with Gasteiger partial charge >= 0.3 is 230 Å². The fourth-order valence-electron chi connectivity index (χ4n) is 14.0. The predicted octanol–water partition coefficient (Wildman–Crippen LogP) is 35.7. The smallest absolute Gasteiger partial charge is 0.214 e. The molecule has 0 saturated carbocycles. The molecule has 1 aliphatic rings. The van der Waals surface area contributed by atoms with Gasteiger partial charge in [-0.2, -0.15) is 0 Å². The Bertz CT molecular complexity index is 5000. The van der Waals surface area contributed by atoms with Crippen molar-refractivity contribution in [1.29, 1.82) is 0 Å². The van der Waals surface area contributed by atoms with Crippen LogP contribution in [0.5, 0.6) is 0 Å². The number of esters is 2. The molecule has 1 heterocycles. The minimum Gasteiger partial charge on any atom is -0.214 e. The largest absolute Gasteiger partial charge is 0.643 e. The number of carbonyl (C=O) groups excluding carboxylic acids is 9. The van der Waals surface area contributed by atoms with Crippen LogP contribution < -0.4 is 3.58 Å². The van der Waals surface area contributed by atoms with E-state index < -0.39 is 87.2 Å². The van der Waals surface area contributed by atoms with E-state index in [4.69, 9.17) is 35.3 Å². The number of halogens is 7. The maximum absolute atomic E-state index is 12.5. The molecule has 0 unspecified atom stereocenters. The fraction of sp³-hybridized carbons (Fsp3) is 0.402. The van der Waals surface area contributed by atoms with Crippen molar-refractivity contribution in [1.82, 2.24) is 0 Å². The summed E-state index contributed by atoms with van der Waals surface area (Å²) in [6.07, 6.45) is 29.8. The number of hydrogen-bond donors (Lipinski definition) is 1. The number of rotatable bonds is 46. The summed E-state index contributed by atoms with van der Waals surface area (Å²) < 4.78 is 10.5. The summed E-state index contributed by atoms with van der Waals surface area (Å²) in [4.78, 5) is 137. The van der Waals surface area contributed by atoms with E-state index in [9.17, 15) is 47.9 Å². The molecule has 1 saturated heterocycles. The van der Waals surface area contributed by atoms with Crippen molar-refractivity contribution in [2.75, 3.05) is 0 Å². The molecular formula is C117H150AlCl3I4O12Sn3. The van der Waals surface area contributed by atoms with Crippen LogP contribution in [0.4, 0.5) is 0 Å². The molecule has 0 spiro atoms. The van der Waals surface area contributed by atoms with Crippen LogP contribution in [0.15, 0.2) is 249 Å². The second kappa shape index (κ2) is 79.4. The molecule has 1 aliphatic heterocycles. The topological polar surface area (TPSA) is 200 Å². The normalized spacial score (nSPS) is 10.9. The third-order valence-electron chi connectivity index (χ3n) is 21.8. The van der Waals surface area contributed by atoms with E-state index in [1.165, 1.54) is 131 Å². The number of carbonyl (C=O) groups is 10. The molecule has 1 fully saturated rings. The SMILES string of the molecule is C.CCCCCCCCCC(=O)CCC(=O)c1ccc(-c2cc[c]([Sn]([CH3])([CH3])[CH3])cc2)cc1.CCCCCCCCCC(=O)CCC(=O)c1ccc(-c2ccc(I)cc2)cc1.CCCCCCCCCC(=O)CCC(=O)c1ccc(-c2ccc([123I])cc2)cc1.Ic1ccc(-c2ccccc2)cc1.O=C(O)CCC(=O)c1ccc(-c2ccc(I)cc2)cc1.O=C1CCC(=O)O1.[CH3][Sn]([CH3])[CH3].[CH3][Sn]([CH3])[CH3].[Cl][Al]([Cl])[Cl]. The first-order valence-corrected chi connectivity index (χ1v) is 85.8. The minimum atomic E-state index is -2.02. The van der Waals surface area contributed by atoms with Gasteiger partial charge in [0.2, 0.25) is 0 Å². The van der Waals surface area contributed by atoms with E-state index in [2.05, 4.69) is 282 Å². The van der Waals surface area contributed by atoms with Crippen molar-refractivity contribution in [2.45, 2.75) is 291 Å². The Hall–Kier alpha value is -4.78. The van der Waals surface area contributed by atoms with Gasteiger partial charge in [-0.3, -0.25) is 43.2 Å². The van der Waals surface area contributed by atoms with E-state index in [0.717, 1.165) is 77.5 Å². The standard InChI is InChI=1S/2C25H31IO2.C25H31O2.C16H13IO3.C12H9I.C4H4O3.CH4.9CH3.Al.3ClH.3Sn/c2*1-2-3-4-5-6-7-8-9-24(27)18-19-25(28)22-12-10-20(11-13-22)21-14-16-23(26)17-15-21;1-2-3-4-5-6-7-11-14-24(26)19-20-25(27)23-17-15-22(16-18-23)21-12-9-8-10-13-21;17-14-7-5-12(6-8-14)11-1-3-13(4-2-11)15(18)9-10-16(19)20;13-12-8-6-11(7-9-12)10-4-2-1-3-5-10;5-3-1-2-4(6)7-3;;;;;;;;;;;;;;;;;/h2*10-17H,2-9,18-19H2,1H3;9-10,12-13,15-18H,2-7,11,14,19-20H2,1H3;1-8H,9-10H2,(H,19,20);1-9H;1-2H2;1H4;9*1H3;;3*1H;;;/q;;;;;;;;;;;;;;;;+3;;;;;;/p-3/i26-4;;;;;;;;;;;;;;;;;;;;;;. The Morgan fingerprint density at radius 2 is 0.514 bits per heavy atom. The summed E-state index contributed by atoms with van der Waals surface area (Å²) in [6.45, 7) is 6.66. The number of benzene rings is 10. The van der Waals surface area contributed by atoms with Crippen molar-refractivity contribution in [2.24, 2.45) is 0 Å². The van der Waals surface area contributed by atoms with Gasteiger partial charge in [-0.1, -0.05) is 295 Å². The zero-order valence-corrected chi connectivity index (χ0v) is 104. The first kappa shape index (κ1) is 131. The van der Waals surface area contributed by atoms with Crippen molar-refractivity contribution in [3.63, 3.8) is 0 Å².